The van der Waals surface area contributed by atoms with Crippen LogP contribution in [0, 0.1) is 0 Å². The van der Waals surface area contributed by atoms with Crippen molar-refractivity contribution in [1.29, 1.82) is 0 Å². The molecular weight excluding hydrogens is 360 g/mol. The molecule has 0 radical (unpaired) electrons. The summed E-state index contributed by atoms with van der Waals surface area (Å²) in [6, 6.07) is 8.11. The zero-order valence-corrected chi connectivity index (χ0v) is 15.8. The van der Waals surface area contributed by atoms with Crippen molar-refractivity contribution in [3.8, 4) is 0 Å². The van der Waals surface area contributed by atoms with E-state index in [0.717, 1.165) is 18.4 Å². The SMILES string of the molecule is CN(C)C(CNC(=O)CSc1nnnn1C1CC1)c1ccccc1Cl. The quantitative estimate of drug-likeness (QED) is 0.707. The fraction of sp³-hybridized carbons (Fsp3) is 0.500. The molecule has 1 saturated carbocycles. The molecule has 0 aliphatic heterocycles. The number of nitrogens with zero attached hydrogens (tertiary/aromatic N) is 5. The molecule has 25 heavy (non-hydrogen) atoms. The van der Waals surface area contributed by atoms with Crippen molar-refractivity contribution in [2.45, 2.75) is 30.1 Å². The number of carbonyl (C=O) groups excluding carboxylic acids is 1. The van der Waals surface area contributed by atoms with Gasteiger partial charge in [-0.2, -0.15) is 0 Å². The summed E-state index contributed by atoms with van der Waals surface area (Å²) >= 11 is 7.66. The van der Waals surface area contributed by atoms with Gasteiger partial charge in [0.25, 0.3) is 0 Å². The Balaban J connectivity index is 1.53. The van der Waals surface area contributed by atoms with E-state index in [-0.39, 0.29) is 17.7 Å². The standard InChI is InChI=1S/C16H21ClN6OS/c1-22(2)14(12-5-3-4-6-13(12)17)9-18-15(24)10-25-16-19-20-21-23(16)11-7-8-11/h3-6,11,14H,7-10H2,1-2H3,(H,18,24). The Morgan fingerprint density at radius 3 is 2.88 bits per heavy atom. The first-order valence-corrected chi connectivity index (χ1v) is 9.51. The molecule has 7 nitrogen and oxygen atoms in total. The number of halogens is 1. The lowest BCUT2D eigenvalue weighted by molar-refractivity contribution is -0.118. The van der Waals surface area contributed by atoms with Crippen LogP contribution in [0.25, 0.3) is 0 Å². The number of thioether (sulfide) groups is 1. The summed E-state index contributed by atoms with van der Waals surface area (Å²) < 4.78 is 1.81. The van der Waals surface area contributed by atoms with Crippen LogP contribution < -0.4 is 5.32 Å². The minimum atomic E-state index is -0.0470. The monoisotopic (exact) mass is 380 g/mol. The van der Waals surface area contributed by atoms with E-state index in [1.807, 2.05) is 47.9 Å². The predicted molar refractivity (Wildman–Crippen MR) is 97.7 cm³/mol. The second-order valence-electron chi connectivity index (χ2n) is 6.23. The van der Waals surface area contributed by atoms with Crippen molar-refractivity contribution in [3.05, 3.63) is 34.9 Å². The highest BCUT2D eigenvalue weighted by Gasteiger charge is 2.28. The van der Waals surface area contributed by atoms with Crippen molar-refractivity contribution in [1.82, 2.24) is 30.4 Å². The van der Waals surface area contributed by atoms with Gasteiger partial charge in [-0.15, -0.1) is 5.10 Å². The van der Waals surface area contributed by atoms with E-state index < -0.39 is 0 Å². The number of tetrazole rings is 1. The van der Waals surface area contributed by atoms with E-state index in [2.05, 4.69) is 20.8 Å². The summed E-state index contributed by atoms with van der Waals surface area (Å²) in [4.78, 5) is 14.3. The summed E-state index contributed by atoms with van der Waals surface area (Å²) in [5.41, 5.74) is 1.000. The van der Waals surface area contributed by atoms with Crippen molar-refractivity contribution in [2.75, 3.05) is 26.4 Å². The fourth-order valence-corrected chi connectivity index (χ4v) is 3.57. The largest absolute Gasteiger partial charge is 0.353 e. The number of aromatic nitrogens is 4. The lowest BCUT2D eigenvalue weighted by Gasteiger charge is -2.26. The third-order valence-electron chi connectivity index (χ3n) is 4.07. The maximum Gasteiger partial charge on any atom is 0.230 e. The Kier molecular flexibility index (Phi) is 5.93. The van der Waals surface area contributed by atoms with E-state index >= 15 is 0 Å². The van der Waals surface area contributed by atoms with Crippen LogP contribution in [0.3, 0.4) is 0 Å². The number of carbonyl (C=O) groups is 1. The molecule has 0 bridgehead atoms. The van der Waals surface area contributed by atoms with Gasteiger partial charge in [0.2, 0.25) is 11.1 Å². The number of hydrogen-bond donors (Lipinski definition) is 1. The van der Waals surface area contributed by atoms with Crippen LogP contribution in [-0.4, -0.2) is 57.4 Å². The van der Waals surface area contributed by atoms with Gasteiger partial charge in [0.1, 0.15) is 0 Å². The van der Waals surface area contributed by atoms with Crippen LogP contribution in [0.1, 0.15) is 30.5 Å². The molecule has 3 rings (SSSR count). The smallest absolute Gasteiger partial charge is 0.230 e. The van der Waals surface area contributed by atoms with E-state index in [1.165, 1.54) is 11.8 Å². The first kappa shape index (κ1) is 18.2. The maximum atomic E-state index is 12.2. The molecule has 1 N–H and O–H groups in total. The van der Waals surface area contributed by atoms with Gasteiger partial charge in [-0.3, -0.25) is 4.79 Å². The van der Waals surface area contributed by atoms with Gasteiger partial charge in [-0.1, -0.05) is 41.6 Å². The third kappa shape index (κ3) is 4.71. The van der Waals surface area contributed by atoms with Crippen LogP contribution in [0.5, 0.6) is 0 Å². The lowest BCUT2D eigenvalue weighted by atomic mass is 10.1. The van der Waals surface area contributed by atoms with E-state index in [1.54, 1.807) is 0 Å². The number of likely N-dealkylation sites (N-methyl/N-ethyl adjacent to an activating group) is 1. The second kappa shape index (κ2) is 8.16. The van der Waals surface area contributed by atoms with Crippen LogP contribution in [0.2, 0.25) is 5.02 Å². The first-order chi connectivity index (χ1) is 12.1. The van der Waals surface area contributed by atoms with Gasteiger partial charge in [0.15, 0.2) is 0 Å². The fourth-order valence-electron chi connectivity index (χ4n) is 2.54. The summed E-state index contributed by atoms with van der Waals surface area (Å²) in [5, 5.41) is 16.1. The zero-order chi connectivity index (χ0) is 17.8. The second-order valence-corrected chi connectivity index (χ2v) is 7.58. The highest BCUT2D eigenvalue weighted by molar-refractivity contribution is 7.99. The molecule has 1 aliphatic rings. The average Bonchev–Trinajstić information content (AvgIpc) is 3.32. The van der Waals surface area contributed by atoms with Gasteiger partial charge >= 0.3 is 0 Å². The molecule has 134 valence electrons. The molecule has 1 aromatic carbocycles. The molecule has 9 heteroatoms. The number of amides is 1. The molecular formula is C16H21ClN6OS. The molecule has 0 spiro atoms. The maximum absolute atomic E-state index is 12.2. The molecule has 1 atom stereocenters. The normalized spacial score (nSPS) is 15.4. The van der Waals surface area contributed by atoms with Crippen molar-refractivity contribution in [3.63, 3.8) is 0 Å². The Hall–Kier alpha value is -1.64. The minimum absolute atomic E-state index is 0.0134. The zero-order valence-electron chi connectivity index (χ0n) is 14.2. The highest BCUT2D eigenvalue weighted by atomic mass is 35.5. The number of rotatable bonds is 8. The Labute approximate surface area is 156 Å². The number of nitrogens with one attached hydrogen (secondary N) is 1. The molecule has 1 aromatic heterocycles. The summed E-state index contributed by atoms with van der Waals surface area (Å²) in [5.74, 6) is 0.240. The van der Waals surface area contributed by atoms with Crippen molar-refractivity contribution in [2.24, 2.45) is 0 Å². The average molecular weight is 381 g/mol. The molecule has 1 unspecified atom stereocenters. The van der Waals surface area contributed by atoms with Gasteiger partial charge in [0.05, 0.1) is 17.8 Å². The predicted octanol–water partition coefficient (Wildman–Crippen LogP) is 2.17. The summed E-state index contributed by atoms with van der Waals surface area (Å²) in [7, 11) is 3.94. The van der Waals surface area contributed by atoms with Crippen LogP contribution >= 0.6 is 23.4 Å². The molecule has 1 fully saturated rings. The molecule has 0 saturated heterocycles. The van der Waals surface area contributed by atoms with E-state index in [9.17, 15) is 4.79 Å². The summed E-state index contributed by atoms with van der Waals surface area (Å²) in [6.07, 6.45) is 2.21. The lowest BCUT2D eigenvalue weighted by Crippen LogP contribution is -2.35. The molecule has 1 heterocycles. The van der Waals surface area contributed by atoms with Gasteiger partial charge in [0, 0.05) is 11.6 Å². The number of hydrogen-bond acceptors (Lipinski definition) is 6. The third-order valence-corrected chi connectivity index (χ3v) is 5.35. The Morgan fingerprint density at radius 2 is 2.20 bits per heavy atom. The van der Waals surface area contributed by atoms with Crippen LogP contribution in [0.15, 0.2) is 29.4 Å². The first-order valence-electron chi connectivity index (χ1n) is 8.14. The van der Waals surface area contributed by atoms with Gasteiger partial charge in [-0.25, -0.2) is 4.68 Å². The van der Waals surface area contributed by atoms with E-state index in [0.29, 0.717) is 22.8 Å². The molecule has 1 aliphatic carbocycles. The minimum Gasteiger partial charge on any atom is -0.353 e. The Morgan fingerprint density at radius 1 is 1.44 bits per heavy atom. The topological polar surface area (TPSA) is 75.9 Å². The van der Waals surface area contributed by atoms with Crippen molar-refractivity contribution >= 4 is 29.3 Å². The van der Waals surface area contributed by atoms with Crippen LogP contribution in [-0.2, 0) is 4.79 Å². The number of benzene rings is 1. The summed E-state index contributed by atoms with van der Waals surface area (Å²) in [6.45, 7) is 0.490. The highest BCUT2D eigenvalue weighted by Crippen LogP contribution is 2.36. The molecule has 1 amide bonds. The van der Waals surface area contributed by atoms with Crippen molar-refractivity contribution < 1.29 is 4.79 Å². The van der Waals surface area contributed by atoms with E-state index in [4.69, 9.17) is 11.6 Å². The van der Waals surface area contributed by atoms with Crippen LogP contribution in [0.4, 0.5) is 0 Å². The van der Waals surface area contributed by atoms with Gasteiger partial charge in [-0.05, 0) is 49.0 Å². The Bertz CT molecular complexity index is 733. The molecule has 2 aromatic rings. The van der Waals surface area contributed by atoms with Gasteiger partial charge < -0.3 is 10.2 Å².